The van der Waals surface area contributed by atoms with Crippen LogP contribution in [0.4, 0.5) is 4.79 Å². The first kappa shape index (κ1) is 15.1. The lowest BCUT2D eigenvalue weighted by Gasteiger charge is -2.39. The van der Waals surface area contributed by atoms with E-state index in [1.165, 1.54) is 11.8 Å². The van der Waals surface area contributed by atoms with Gasteiger partial charge in [0.1, 0.15) is 0 Å². The Kier molecular flexibility index (Phi) is 5.62. The lowest BCUT2D eigenvalue weighted by molar-refractivity contribution is 0.0360. The maximum atomic E-state index is 11.2. The average Bonchev–Trinajstić information content (AvgIpc) is 2.13. The minimum absolute atomic E-state index is 0.387. The average molecular weight is 246 g/mol. The monoisotopic (exact) mass is 246 g/mol. The van der Waals surface area contributed by atoms with Crippen LogP contribution in [0.3, 0.4) is 0 Å². The molecule has 0 aromatic heterocycles. The third-order valence-electron chi connectivity index (χ3n) is 2.09. The van der Waals surface area contributed by atoms with Crippen LogP contribution in [-0.2, 0) is 0 Å². The maximum Gasteiger partial charge on any atom is 0.408 e. The normalized spacial score (nSPS) is 15.0. The summed E-state index contributed by atoms with van der Waals surface area (Å²) in [6.07, 6.45) is -0.622. The number of aliphatic hydroxyl groups excluding tert-OH is 1. The van der Waals surface area contributed by atoms with Gasteiger partial charge >= 0.3 is 6.09 Å². The fourth-order valence-electron chi connectivity index (χ4n) is 1.49. The summed E-state index contributed by atoms with van der Waals surface area (Å²) in [7, 11) is 0. The molecule has 0 heterocycles. The molecule has 2 atom stereocenters. The molecule has 16 heavy (non-hydrogen) atoms. The van der Waals surface area contributed by atoms with Gasteiger partial charge in [0.2, 0.25) is 0 Å². The number of rotatable bonds is 4. The van der Waals surface area contributed by atoms with E-state index in [0.29, 0.717) is 5.75 Å². The zero-order valence-electron chi connectivity index (χ0n) is 9.97. The van der Waals surface area contributed by atoms with Crippen LogP contribution in [-0.4, -0.2) is 50.9 Å². The minimum Gasteiger partial charge on any atom is -0.465 e. The molecule has 92 valence electrons. The Bertz CT molecular complexity index is 283. The van der Waals surface area contributed by atoms with Crippen LogP contribution in [0.5, 0.6) is 0 Å². The fraction of sp³-hybridized carbons (Fsp3) is 0.800. The molecule has 2 N–H and O–H groups in total. The van der Waals surface area contributed by atoms with Gasteiger partial charge in [0.05, 0.1) is 12.1 Å². The zero-order chi connectivity index (χ0) is 12.9. The molecular weight excluding hydrogens is 228 g/mol. The number of carbonyl (C=O) groups is 1. The molecule has 6 heteroatoms. The molecule has 0 aliphatic rings. The van der Waals surface area contributed by atoms with Crippen LogP contribution in [0, 0.1) is 11.3 Å². The van der Waals surface area contributed by atoms with Gasteiger partial charge < -0.3 is 10.2 Å². The first-order chi connectivity index (χ1) is 7.25. The summed E-state index contributed by atoms with van der Waals surface area (Å²) in [5.41, 5.74) is -0.649. The van der Waals surface area contributed by atoms with Crippen molar-refractivity contribution in [1.29, 1.82) is 5.26 Å². The maximum absolute atomic E-state index is 11.2. The van der Waals surface area contributed by atoms with Crippen LogP contribution >= 0.6 is 11.8 Å². The summed E-state index contributed by atoms with van der Waals surface area (Å²) in [6, 6.07) is 0.984. The first-order valence-corrected chi connectivity index (χ1v) is 6.24. The quantitative estimate of drug-likeness (QED) is 0.732. The van der Waals surface area contributed by atoms with E-state index in [9.17, 15) is 9.90 Å². The van der Waals surface area contributed by atoms with Crippen molar-refractivity contribution in [2.24, 2.45) is 0 Å². The Hall–Kier alpha value is -0.930. The van der Waals surface area contributed by atoms with Crippen molar-refractivity contribution >= 4 is 17.9 Å². The second kappa shape index (κ2) is 5.97. The predicted molar refractivity (Wildman–Crippen MR) is 63.4 cm³/mol. The topological polar surface area (TPSA) is 84.6 Å². The van der Waals surface area contributed by atoms with Crippen LogP contribution in [0.1, 0.15) is 20.8 Å². The fourth-order valence-corrected chi connectivity index (χ4v) is 2.16. The Morgan fingerprint density at radius 2 is 2.06 bits per heavy atom. The predicted octanol–water partition coefficient (Wildman–Crippen LogP) is 1.38. The molecule has 0 saturated carbocycles. The second-order valence-corrected chi connectivity index (χ2v) is 5.33. The molecular formula is C10H18N2O3S. The molecule has 0 spiro atoms. The Labute approximate surface area is 100 Å². The van der Waals surface area contributed by atoms with Gasteiger partial charge in [-0.3, -0.25) is 4.90 Å². The van der Waals surface area contributed by atoms with E-state index in [1.807, 2.05) is 0 Å². The summed E-state index contributed by atoms with van der Waals surface area (Å²) in [4.78, 5) is 12.3. The molecule has 5 nitrogen and oxygen atoms in total. The summed E-state index contributed by atoms with van der Waals surface area (Å²) >= 11 is 1.40. The Morgan fingerprint density at radius 1 is 1.56 bits per heavy atom. The van der Waals surface area contributed by atoms with E-state index >= 15 is 0 Å². The van der Waals surface area contributed by atoms with Gasteiger partial charge in [0, 0.05) is 11.3 Å². The summed E-state index contributed by atoms with van der Waals surface area (Å²) in [5, 5.41) is 27.4. The Morgan fingerprint density at radius 3 is 2.31 bits per heavy atom. The standard InChI is InChI=1S/C10H18N2O3S/c1-10(2,3)12(9(14)15)7(6-16-4)8(13)5-11/h7-8,13H,6H2,1-4H3,(H,14,15). The number of nitriles is 1. The number of nitrogens with zero attached hydrogens (tertiary/aromatic N) is 2. The number of amides is 1. The third-order valence-corrected chi connectivity index (χ3v) is 2.77. The van der Waals surface area contributed by atoms with Crippen molar-refractivity contribution in [3.05, 3.63) is 0 Å². The minimum atomic E-state index is -1.30. The molecule has 0 aromatic carbocycles. The second-order valence-electron chi connectivity index (χ2n) is 4.42. The van der Waals surface area contributed by atoms with E-state index in [2.05, 4.69) is 0 Å². The van der Waals surface area contributed by atoms with Gasteiger partial charge in [-0.15, -0.1) is 0 Å². The largest absolute Gasteiger partial charge is 0.465 e. The molecule has 0 aliphatic heterocycles. The van der Waals surface area contributed by atoms with E-state index in [-0.39, 0.29) is 0 Å². The molecule has 0 bridgehead atoms. The van der Waals surface area contributed by atoms with Gasteiger partial charge in [-0.05, 0) is 27.0 Å². The number of carboxylic acid groups (broad SMARTS) is 1. The van der Waals surface area contributed by atoms with Crippen molar-refractivity contribution < 1.29 is 15.0 Å². The lowest BCUT2D eigenvalue weighted by Crippen LogP contribution is -2.56. The van der Waals surface area contributed by atoms with E-state index in [1.54, 1.807) is 33.1 Å². The van der Waals surface area contributed by atoms with Gasteiger partial charge in [0.25, 0.3) is 0 Å². The van der Waals surface area contributed by atoms with Gasteiger partial charge in [-0.1, -0.05) is 0 Å². The molecule has 2 unspecified atom stereocenters. The highest BCUT2D eigenvalue weighted by molar-refractivity contribution is 7.98. The lowest BCUT2D eigenvalue weighted by atomic mass is 10.0. The smallest absolute Gasteiger partial charge is 0.408 e. The summed E-state index contributed by atoms with van der Waals surface area (Å²) in [6.45, 7) is 5.20. The molecule has 0 saturated heterocycles. The first-order valence-electron chi connectivity index (χ1n) is 4.84. The third kappa shape index (κ3) is 3.91. The highest BCUT2D eigenvalue weighted by Gasteiger charge is 2.36. The van der Waals surface area contributed by atoms with Crippen LogP contribution in [0.25, 0.3) is 0 Å². The number of aliphatic hydroxyl groups is 1. The van der Waals surface area contributed by atoms with Crippen LogP contribution in [0.15, 0.2) is 0 Å². The van der Waals surface area contributed by atoms with E-state index in [0.717, 1.165) is 4.90 Å². The molecule has 0 aromatic rings. The van der Waals surface area contributed by atoms with Crippen molar-refractivity contribution in [3.63, 3.8) is 0 Å². The van der Waals surface area contributed by atoms with Crippen molar-refractivity contribution in [1.82, 2.24) is 4.90 Å². The number of hydrogen-bond donors (Lipinski definition) is 2. The number of thioether (sulfide) groups is 1. The van der Waals surface area contributed by atoms with Gasteiger partial charge in [-0.25, -0.2) is 4.79 Å². The van der Waals surface area contributed by atoms with Crippen LogP contribution in [0.2, 0.25) is 0 Å². The van der Waals surface area contributed by atoms with Gasteiger partial charge in [-0.2, -0.15) is 17.0 Å². The molecule has 0 fully saturated rings. The van der Waals surface area contributed by atoms with Crippen molar-refractivity contribution in [3.8, 4) is 6.07 Å². The van der Waals surface area contributed by atoms with E-state index in [4.69, 9.17) is 10.4 Å². The van der Waals surface area contributed by atoms with Crippen LogP contribution < -0.4 is 0 Å². The molecule has 1 amide bonds. The molecule has 0 radical (unpaired) electrons. The number of hydrogen-bond acceptors (Lipinski definition) is 4. The summed E-state index contributed by atoms with van der Waals surface area (Å²) in [5.74, 6) is 0.387. The highest BCUT2D eigenvalue weighted by Crippen LogP contribution is 2.21. The molecule has 0 aliphatic carbocycles. The highest BCUT2D eigenvalue weighted by atomic mass is 32.2. The zero-order valence-corrected chi connectivity index (χ0v) is 10.8. The Balaban J connectivity index is 5.12. The van der Waals surface area contributed by atoms with Crippen molar-refractivity contribution in [2.75, 3.05) is 12.0 Å². The SMILES string of the molecule is CSCC(C(O)C#N)N(C(=O)O)C(C)(C)C. The molecule has 0 rings (SSSR count). The van der Waals surface area contributed by atoms with Gasteiger partial charge in [0.15, 0.2) is 6.10 Å². The van der Waals surface area contributed by atoms with Crippen molar-refractivity contribution in [2.45, 2.75) is 38.5 Å². The summed E-state index contributed by atoms with van der Waals surface area (Å²) < 4.78 is 0. The van der Waals surface area contributed by atoms with E-state index < -0.39 is 23.8 Å².